The molecule has 0 radical (unpaired) electrons. The van der Waals surface area contributed by atoms with Crippen LogP contribution in [-0.2, 0) is 11.7 Å². The van der Waals surface area contributed by atoms with Crippen LogP contribution in [0.3, 0.4) is 0 Å². The lowest BCUT2D eigenvalue weighted by molar-refractivity contribution is -0.139. The van der Waals surface area contributed by atoms with Crippen LogP contribution in [0.15, 0.2) is 12.1 Å². The van der Waals surface area contributed by atoms with Gasteiger partial charge in [-0.1, -0.05) is 0 Å². The van der Waals surface area contributed by atoms with Crippen molar-refractivity contribution in [1.29, 1.82) is 0 Å². The number of methoxy groups -OCH3 is 1. The van der Waals surface area contributed by atoms with E-state index in [1.807, 2.05) is 0 Å². The molecule has 1 aromatic rings. The summed E-state index contributed by atoms with van der Waals surface area (Å²) in [6.07, 6.45) is -4.53. The van der Waals surface area contributed by atoms with Crippen LogP contribution in [0.1, 0.15) is 35.3 Å². The monoisotopic (exact) mass is 273 g/mol. The van der Waals surface area contributed by atoms with E-state index in [0.29, 0.717) is 0 Å². The van der Waals surface area contributed by atoms with Crippen molar-refractivity contribution >= 4 is 5.91 Å². The molecule has 0 spiro atoms. The van der Waals surface area contributed by atoms with Gasteiger partial charge < -0.3 is 9.64 Å². The lowest BCUT2D eigenvalue weighted by Gasteiger charge is -2.30. The molecule has 0 N–H and O–H groups in total. The van der Waals surface area contributed by atoms with Crippen molar-refractivity contribution in [2.24, 2.45) is 0 Å². The van der Waals surface area contributed by atoms with E-state index in [1.165, 1.54) is 25.1 Å². The molecule has 1 aliphatic rings. The highest BCUT2D eigenvalue weighted by molar-refractivity contribution is 6.00. The quantitative estimate of drug-likeness (QED) is 0.787. The molecule has 1 aliphatic heterocycles. The topological polar surface area (TPSA) is 29.5 Å². The molecule has 0 saturated carbocycles. The standard InChI is InChI=1S/C13H14F3NO2/c1-12(2)10-8(11(18)17(12)3)5-7(19-4)6-9(10)13(14,15)16/h5-6H,1-4H3. The highest BCUT2D eigenvalue weighted by Crippen LogP contribution is 2.46. The maximum atomic E-state index is 13.2. The predicted octanol–water partition coefficient (Wildman–Crippen LogP) is 3.03. The number of hydrogen-bond donors (Lipinski definition) is 0. The number of carbonyl (C=O) groups is 1. The number of amides is 1. The Morgan fingerprint density at radius 2 is 1.84 bits per heavy atom. The lowest BCUT2D eigenvalue weighted by atomic mass is 9.88. The van der Waals surface area contributed by atoms with E-state index < -0.39 is 23.2 Å². The first-order valence-electron chi connectivity index (χ1n) is 5.68. The Morgan fingerprint density at radius 3 is 2.32 bits per heavy atom. The molecule has 0 bridgehead atoms. The minimum atomic E-state index is -4.53. The number of rotatable bonds is 1. The summed E-state index contributed by atoms with van der Waals surface area (Å²) in [4.78, 5) is 13.4. The van der Waals surface area contributed by atoms with Crippen molar-refractivity contribution in [2.45, 2.75) is 25.6 Å². The summed E-state index contributed by atoms with van der Waals surface area (Å²) in [6, 6.07) is 2.30. The van der Waals surface area contributed by atoms with E-state index in [9.17, 15) is 18.0 Å². The fourth-order valence-electron chi connectivity index (χ4n) is 2.39. The van der Waals surface area contributed by atoms with Crippen LogP contribution in [0.25, 0.3) is 0 Å². The van der Waals surface area contributed by atoms with Crippen molar-refractivity contribution in [1.82, 2.24) is 4.90 Å². The summed E-state index contributed by atoms with van der Waals surface area (Å²) in [7, 11) is 2.77. The number of alkyl halides is 3. The van der Waals surface area contributed by atoms with E-state index in [-0.39, 0.29) is 16.9 Å². The van der Waals surface area contributed by atoms with Gasteiger partial charge in [0.25, 0.3) is 5.91 Å². The summed E-state index contributed by atoms with van der Waals surface area (Å²) < 4.78 is 44.4. The third kappa shape index (κ3) is 1.86. The van der Waals surface area contributed by atoms with Crippen LogP contribution < -0.4 is 4.74 Å². The molecular formula is C13H14F3NO2. The van der Waals surface area contributed by atoms with Crippen LogP contribution in [0, 0.1) is 0 Å². The van der Waals surface area contributed by atoms with Crippen molar-refractivity contribution in [3.05, 3.63) is 28.8 Å². The number of ether oxygens (including phenoxy) is 1. The van der Waals surface area contributed by atoms with E-state index in [2.05, 4.69) is 0 Å². The number of halogens is 3. The van der Waals surface area contributed by atoms with Crippen LogP contribution in [-0.4, -0.2) is 25.0 Å². The molecule has 0 fully saturated rings. The van der Waals surface area contributed by atoms with Crippen LogP contribution >= 0.6 is 0 Å². The van der Waals surface area contributed by atoms with E-state index >= 15 is 0 Å². The zero-order valence-corrected chi connectivity index (χ0v) is 11.1. The first-order chi connectivity index (χ1) is 8.60. The molecule has 0 unspecified atom stereocenters. The minimum absolute atomic E-state index is 0.00769. The van der Waals surface area contributed by atoms with Gasteiger partial charge in [0.1, 0.15) is 5.75 Å². The fraction of sp³-hybridized carbons (Fsp3) is 0.462. The summed E-state index contributed by atoms with van der Waals surface area (Å²) in [6.45, 7) is 3.19. The summed E-state index contributed by atoms with van der Waals surface area (Å²) in [5.41, 5.74) is -1.75. The largest absolute Gasteiger partial charge is 0.497 e. The number of benzene rings is 1. The maximum absolute atomic E-state index is 13.2. The maximum Gasteiger partial charge on any atom is 0.416 e. The molecule has 0 atom stereocenters. The van der Waals surface area contributed by atoms with Crippen LogP contribution in [0.2, 0.25) is 0 Å². The van der Waals surface area contributed by atoms with E-state index in [1.54, 1.807) is 13.8 Å². The van der Waals surface area contributed by atoms with Gasteiger partial charge in [0.2, 0.25) is 0 Å². The molecule has 3 nitrogen and oxygen atoms in total. The summed E-state index contributed by atoms with van der Waals surface area (Å²) >= 11 is 0. The number of nitrogens with zero attached hydrogens (tertiary/aromatic N) is 1. The van der Waals surface area contributed by atoms with Gasteiger partial charge >= 0.3 is 6.18 Å². The molecule has 0 saturated heterocycles. The SMILES string of the molecule is COc1cc2c(c(C(F)(F)F)c1)C(C)(C)N(C)C2=O. The molecule has 1 heterocycles. The molecule has 104 valence electrons. The number of hydrogen-bond acceptors (Lipinski definition) is 2. The van der Waals surface area contributed by atoms with Gasteiger partial charge in [-0.25, -0.2) is 0 Å². The Morgan fingerprint density at radius 1 is 1.26 bits per heavy atom. The Balaban J connectivity index is 2.82. The van der Waals surface area contributed by atoms with Gasteiger partial charge in [0.05, 0.1) is 18.2 Å². The highest BCUT2D eigenvalue weighted by Gasteiger charge is 2.48. The van der Waals surface area contributed by atoms with Crippen molar-refractivity contribution in [2.75, 3.05) is 14.2 Å². The summed E-state index contributed by atoms with van der Waals surface area (Å²) in [5.74, 6) is -0.394. The third-order valence-corrected chi connectivity index (χ3v) is 3.64. The van der Waals surface area contributed by atoms with Crippen LogP contribution in [0.4, 0.5) is 13.2 Å². The van der Waals surface area contributed by atoms with Gasteiger partial charge in [-0.05, 0) is 26.0 Å². The third-order valence-electron chi connectivity index (χ3n) is 3.64. The molecule has 1 aromatic carbocycles. The van der Waals surface area contributed by atoms with E-state index in [4.69, 9.17) is 4.74 Å². The first-order valence-corrected chi connectivity index (χ1v) is 5.68. The lowest BCUT2D eigenvalue weighted by Crippen LogP contribution is -2.36. The Hall–Kier alpha value is -1.72. The normalized spacial score (nSPS) is 17.6. The van der Waals surface area contributed by atoms with E-state index in [0.717, 1.165) is 6.07 Å². The van der Waals surface area contributed by atoms with Gasteiger partial charge in [-0.3, -0.25) is 4.79 Å². The molecule has 2 rings (SSSR count). The fourth-order valence-corrected chi connectivity index (χ4v) is 2.39. The molecular weight excluding hydrogens is 259 g/mol. The Labute approximate surface area is 109 Å². The zero-order chi connectivity index (χ0) is 14.6. The number of fused-ring (bicyclic) bond motifs is 1. The van der Waals surface area contributed by atoms with Crippen molar-refractivity contribution in [3.63, 3.8) is 0 Å². The Bertz CT molecular complexity index is 550. The van der Waals surface area contributed by atoms with Crippen molar-refractivity contribution < 1.29 is 22.7 Å². The average Bonchev–Trinajstić information content (AvgIpc) is 2.49. The van der Waals surface area contributed by atoms with Gasteiger partial charge in [-0.15, -0.1) is 0 Å². The second-order valence-corrected chi connectivity index (χ2v) is 5.02. The molecule has 6 heteroatoms. The Kier molecular flexibility index (Phi) is 2.80. The summed E-state index contributed by atoms with van der Waals surface area (Å²) in [5, 5.41) is 0. The van der Waals surface area contributed by atoms with Crippen molar-refractivity contribution in [3.8, 4) is 5.75 Å². The van der Waals surface area contributed by atoms with Gasteiger partial charge in [0.15, 0.2) is 0 Å². The molecule has 0 aromatic heterocycles. The number of carbonyl (C=O) groups excluding carboxylic acids is 1. The molecule has 19 heavy (non-hydrogen) atoms. The molecule has 0 aliphatic carbocycles. The minimum Gasteiger partial charge on any atom is -0.497 e. The highest BCUT2D eigenvalue weighted by atomic mass is 19.4. The second-order valence-electron chi connectivity index (χ2n) is 5.02. The smallest absolute Gasteiger partial charge is 0.416 e. The first kappa shape index (κ1) is 13.7. The van der Waals surface area contributed by atoms with Crippen LogP contribution in [0.5, 0.6) is 5.75 Å². The second kappa shape index (κ2) is 3.88. The average molecular weight is 273 g/mol. The molecule has 1 amide bonds. The zero-order valence-electron chi connectivity index (χ0n) is 11.1. The van der Waals surface area contributed by atoms with Gasteiger partial charge in [-0.2, -0.15) is 13.2 Å². The van der Waals surface area contributed by atoms with Gasteiger partial charge in [0, 0.05) is 18.2 Å². The predicted molar refractivity (Wildman–Crippen MR) is 63.1 cm³/mol.